The maximum atomic E-state index is 13.6. The first-order valence-electron chi connectivity index (χ1n) is 10.9. The summed E-state index contributed by atoms with van der Waals surface area (Å²) in [6.07, 6.45) is 10.4. The Morgan fingerprint density at radius 2 is 1.79 bits per heavy atom. The Kier molecular flexibility index (Phi) is 5.60. The predicted octanol–water partition coefficient (Wildman–Crippen LogP) is 5.10. The Labute approximate surface area is 200 Å². The van der Waals surface area contributed by atoms with Crippen molar-refractivity contribution < 1.29 is 9.50 Å². The largest absolute Gasteiger partial charge is 0.390 e. The molecule has 170 valence electrons. The monoisotopic (exact) mass is 472 g/mol. The first-order valence-corrected chi connectivity index (χ1v) is 11.7. The van der Waals surface area contributed by atoms with Gasteiger partial charge in [-0.05, 0) is 56.9 Å². The van der Waals surface area contributed by atoms with Crippen molar-refractivity contribution >= 4 is 17.3 Å². The van der Waals surface area contributed by atoms with E-state index in [4.69, 9.17) is 0 Å². The summed E-state index contributed by atoms with van der Waals surface area (Å²) in [4.78, 5) is 1.33. The Balaban J connectivity index is 1.54. The van der Waals surface area contributed by atoms with Crippen molar-refractivity contribution in [3.63, 3.8) is 0 Å². The Morgan fingerprint density at radius 1 is 1.03 bits per heavy atom. The number of benzene rings is 1. The molecule has 7 nitrogen and oxygen atoms in total. The van der Waals surface area contributed by atoms with Crippen LogP contribution in [0.2, 0.25) is 0 Å². The maximum absolute atomic E-state index is 13.6. The molecule has 3 heterocycles. The Hall–Kier alpha value is -3.66. The fourth-order valence-corrected chi connectivity index (χ4v) is 5.45. The lowest BCUT2D eigenvalue weighted by Crippen LogP contribution is -2.31. The van der Waals surface area contributed by atoms with Crippen molar-refractivity contribution in [2.45, 2.75) is 54.0 Å². The fraction of sp³-hybridized carbons (Fsp3) is 0.280. The minimum Gasteiger partial charge on any atom is -0.390 e. The summed E-state index contributed by atoms with van der Waals surface area (Å²) in [6.45, 7) is 1.88. The van der Waals surface area contributed by atoms with E-state index in [1.165, 1.54) is 30.1 Å². The summed E-state index contributed by atoms with van der Waals surface area (Å²) in [7, 11) is 0. The lowest BCUT2D eigenvalue weighted by Gasteiger charge is -2.33. The van der Waals surface area contributed by atoms with E-state index in [0.29, 0.717) is 16.0 Å². The van der Waals surface area contributed by atoms with Gasteiger partial charge in [0, 0.05) is 33.3 Å². The van der Waals surface area contributed by atoms with E-state index >= 15 is 0 Å². The highest BCUT2D eigenvalue weighted by molar-refractivity contribution is 7.99. The van der Waals surface area contributed by atoms with Crippen molar-refractivity contribution in [2.75, 3.05) is 0 Å². The van der Waals surface area contributed by atoms with E-state index in [1.54, 1.807) is 16.8 Å². The minimum atomic E-state index is -0.606. The molecule has 0 atom stereocenters. The summed E-state index contributed by atoms with van der Waals surface area (Å²) in [5.41, 5.74) is 2.43. The lowest BCUT2D eigenvalue weighted by atomic mass is 9.84. The summed E-state index contributed by atoms with van der Waals surface area (Å²) in [5, 5.41) is 38.2. The molecule has 5 rings (SSSR count). The van der Waals surface area contributed by atoms with E-state index < -0.39 is 11.4 Å². The van der Waals surface area contributed by atoms with Gasteiger partial charge in [-0.1, -0.05) is 11.8 Å². The van der Waals surface area contributed by atoms with Gasteiger partial charge < -0.3 is 5.11 Å². The number of hydrogen-bond donors (Lipinski definition) is 1. The molecule has 3 aromatic heterocycles. The van der Waals surface area contributed by atoms with Crippen LogP contribution in [0.25, 0.3) is 16.6 Å². The third kappa shape index (κ3) is 4.16. The molecule has 1 aromatic carbocycles. The van der Waals surface area contributed by atoms with Gasteiger partial charge in [-0.25, -0.2) is 8.91 Å². The van der Waals surface area contributed by atoms with Crippen LogP contribution in [0.15, 0.2) is 58.8 Å². The van der Waals surface area contributed by atoms with Gasteiger partial charge in [0.2, 0.25) is 0 Å². The zero-order valence-electron chi connectivity index (χ0n) is 18.4. The number of rotatable bonds is 4. The quantitative estimate of drug-likeness (QED) is 0.443. The molecule has 34 heavy (non-hydrogen) atoms. The zero-order valence-corrected chi connectivity index (χ0v) is 19.3. The number of pyridine rings is 1. The topological polar surface area (TPSA) is 103 Å². The minimum absolute atomic E-state index is 0.229. The van der Waals surface area contributed by atoms with Crippen LogP contribution in [0.5, 0.6) is 0 Å². The average Bonchev–Trinajstić information content (AvgIpc) is 3.47. The number of hydrogen-bond acceptors (Lipinski definition) is 6. The molecule has 4 aromatic rings. The lowest BCUT2D eigenvalue weighted by molar-refractivity contribution is 0.00852. The molecule has 0 bridgehead atoms. The third-order valence-electron chi connectivity index (χ3n) is 6.32. The van der Waals surface area contributed by atoms with Crippen LogP contribution in [0.3, 0.4) is 0 Å². The average molecular weight is 473 g/mol. The van der Waals surface area contributed by atoms with E-state index in [1.807, 2.05) is 36.1 Å². The highest BCUT2D eigenvalue weighted by Crippen LogP contribution is 2.38. The molecular weight excluding hydrogens is 451 g/mol. The number of fused-ring (bicyclic) bond motifs is 1. The van der Waals surface area contributed by atoms with Crippen molar-refractivity contribution in [1.29, 1.82) is 10.5 Å². The normalized spacial score (nSPS) is 20.2. The van der Waals surface area contributed by atoms with Gasteiger partial charge in [-0.15, -0.1) is 0 Å². The van der Waals surface area contributed by atoms with Gasteiger partial charge in [-0.3, -0.25) is 4.68 Å². The number of halogens is 1. The van der Waals surface area contributed by atoms with E-state index in [0.717, 1.165) is 41.7 Å². The molecule has 1 aliphatic rings. The van der Waals surface area contributed by atoms with E-state index in [-0.39, 0.29) is 11.6 Å². The van der Waals surface area contributed by atoms with Gasteiger partial charge in [0.1, 0.15) is 18.0 Å². The zero-order chi connectivity index (χ0) is 23.9. The number of aliphatic hydroxyl groups is 1. The van der Waals surface area contributed by atoms with Gasteiger partial charge >= 0.3 is 0 Å². The maximum Gasteiger partial charge on any atom is 0.124 e. The summed E-state index contributed by atoms with van der Waals surface area (Å²) < 4.78 is 17.2. The molecule has 0 unspecified atom stereocenters. The molecule has 0 saturated heterocycles. The molecule has 1 aliphatic carbocycles. The number of nitrogens with zero attached hydrogens (tertiary/aromatic N) is 6. The molecule has 0 amide bonds. The first kappa shape index (κ1) is 22.1. The van der Waals surface area contributed by atoms with Crippen LogP contribution in [0, 0.1) is 28.5 Å². The summed E-state index contributed by atoms with van der Waals surface area (Å²) in [5.74, 6) is -0.474. The standard InChI is InChI=1S/C25H21FN6OS/c1-25(33)6-4-21(5-7-25)31-15-19(13-29-31)17-9-23(24-18(11-28)12-30-32(24)14-17)34-22-3-2-20(26)8-16(22)10-27/h2-3,8-9,12-15,21,33H,4-7H2,1H3/t21-,25-. The Morgan fingerprint density at radius 3 is 2.53 bits per heavy atom. The van der Waals surface area contributed by atoms with Crippen LogP contribution < -0.4 is 0 Å². The van der Waals surface area contributed by atoms with Crippen molar-refractivity contribution in [3.05, 3.63) is 66.0 Å². The van der Waals surface area contributed by atoms with Gasteiger partial charge in [0.05, 0.1) is 40.7 Å². The second-order valence-electron chi connectivity index (χ2n) is 8.85. The van der Waals surface area contributed by atoms with Crippen LogP contribution in [-0.4, -0.2) is 30.1 Å². The fourth-order valence-electron chi connectivity index (χ4n) is 4.37. The number of aromatic nitrogens is 4. The predicted molar refractivity (Wildman–Crippen MR) is 124 cm³/mol. The third-order valence-corrected chi connectivity index (χ3v) is 7.43. The molecule has 0 radical (unpaired) electrons. The highest BCUT2D eigenvalue weighted by Gasteiger charge is 2.30. The van der Waals surface area contributed by atoms with Crippen LogP contribution in [-0.2, 0) is 0 Å². The van der Waals surface area contributed by atoms with Gasteiger partial charge in [0.15, 0.2) is 0 Å². The number of nitriles is 2. The summed E-state index contributed by atoms with van der Waals surface area (Å²) in [6, 6.07) is 10.5. The van der Waals surface area contributed by atoms with Crippen LogP contribution in [0.1, 0.15) is 49.8 Å². The summed E-state index contributed by atoms with van der Waals surface area (Å²) >= 11 is 1.30. The van der Waals surface area contributed by atoms with Gasteiger partial charge in [0.25, 0.3) is 0 Å². The van der Waals surface area contributed by atoms with Crippen LogP contribution >= 0.6 is 11.8 Å². The van der Waals surface area contributed by atoms with E-state index in [2.05, 4.69) is 16.3 Å². The molecular formula is C25H21FN6OS. The molecule has 1 N–H and O–H groups in total. The van der Waals surface area contributed by atoms with Crippen LogP contribution in [0.4, 0.5) is 4.39 Å². The smallest absolute Gasteiger partial charge is 0.124 e. The Bertz CT molecular complexity index is 1470. The second kappa shape index (κ2) is 8.60. The van der Waals surface area contributed by atoms with Crippen molar-refractivity contribution in [2.24, 2.45) is 0 Å². The first-order chi connectivity index (χ1) is 16.4. The molecule has 9 heteroatoms. The molecule has 0 aliphatic heterocycles. The molecule has 1 fully saturated rings. The molecule has 0 spiro atoms. The van der Waals surface area contributed by atoms with E-state index in [9.17, 15) is 20.0 Å². The second-order valence-corrected chi connectivity index (χ2v) is 9.93. The molecule has 1 saturated carbocycles. The van der Waals surface area contributed by atoms with Crippen molar-refractivity contribution in [1.82, 2.24) is 19.4 Å². The van der Waals surface area contributed by atoms with Crippen molar-refractivity contribution in [3.8, 4) is 23.3 Å². The SMILES string of the molecule is C[C@]1(O)CC[C@H](n2cc(-c3cc(Sc4ccc(F)cc4C#N)c4c(C#N)cnn4c3)cn2)CC1. The highest BCUT2D eigenvalue weighted by atomic mass is 32.2. The van der Waals surface area contributed by atoms with Gasteiger partial charge in [-0.2, -0.15) is 20.7 Å².